The Morgan fingerprint density at radius 2 is 1.97 bits per heavy atom. The largest absolute Gasteiger partial charge is 0.454 e. The molecule has 3 aliphatic rings. The lowest BCUT2D eigenvalue weighted by Crippen LogP contribution is -2.62. The van der Waals surface area contributed by atoms with Crippen LogP contribution in [0.25, 0.3) is 10.9 Å². The Kier molecular flexibility index (Phi) is 2.88. The summed E-state index contributed by atoms with van der Waals surface area (Å²) in [7, 11) is 1.65. The van der Waals surface area contributed by atoms with Crippen molar-refractivity contribution in [2.75, 3.05) is 20.3 Å². The third-order valence-corrected chi connectivity index (χ3v) is 6.04. The van der Waals surface area contributed by atoms with Crippen LogP contribution in [0.4, 0.5) is 0 Å². The van der Waals surface area contributed by atoms with Crippen molar-refractivity contribution >= 4 is 22.7 Å². The Morgan fingerprint density at radius 1 is 1.14 bits per heavy atom. The van der Waals surface area contributed by atoms with E-state index in [1.807, 2.05) is 24.3 Å². The lowest BCUT2D eigenvalue weighted by atomic mass is 9.86. The molecule has 0 aliphatic carbocycles. The van der Waals surface area contributed by atoms with Gasteiger partial charge in [-0.1, -0.05) is 24.3 Å². The molecular formula is C22H19N3O4. The van der Waals surface area contributed by atoms with Gasteiger partial charge in [0.1, 0.15) is 8.78 Å². The maximum atomic E-state index is 13.1. The van der Waals surface area contributed by atoms with Crippen LogP contribution in [-0.2, 0) is 16.0 Å². The molecule has 2 atom stereocenters. The van der Waals surface area contributed by atoms with Crippen LogP contribution in [0.2, 0.25) is 0 Å². The maximum Gasteiger partial charge on any atom is 0.245 e. The van der Waals surface area contributed by atoms with Gasteiger partial charge in [0.15, 0.2) is 11.5 Å². The minimum atomic E-state index is -2.23. The van der Waals surface area contributed by atoms with Crippen LogP contribution in [0.5, 0.6) is 11.5 Å². The van der Waals surface area contributed by atoms with Crippen LogP contribution < -0.4 is 9.47 Å². The number of para-hydroxylation sites is 1. The topological polar surface area (TPSA) is 74.9 Å². The maximum absolute atomic E-state index is 13.1. The highest BCUT2D eigenvalue weighted by Crippen LogP contribution is 2.44. The first-order chi connectivity index (χ1) is 14.8. The minimum absolute atomic E-state index is 0.0223. The molecule has 1 fully saturated rings. The van der Waals surface area contributed by atoms with E-state index in [0.29, 0.717) is 12.2 Å². The third kappa shape index (κ3) is 2.24. The lowest BCUT2D eigenvalue weighted by molar-refractivity contribution is -0.157. The summed E-state index contributed by atoms with van der Waals surface area (Å²) in [5.74, 6) is 0.362. The summed E-state index contributed by atoms with van der Waals surface area (Å²) in [5.41, 5.74) is 3.56. The number of rotatable bonds is 1. The Morgan fingerprint density at radius 3 is 2.86 bits per heavy atom. The zero-order valence-electron chi connectivity index (χ0n) is 17.6. The highest BCUT2D eigenvalue weighted by Gasteiger charge is 2.47. The summed E-state index contributed by atoms with van der Waals surface area (Å²) in [6.07, 6.45) is 0.442. The molecular weight excluding hydrogens is 370 g/mol. The molecule has 1 unspecified atom stereocenters. The highest BCUT2D eigenvalue weighted by molar-refractivity contribution is 5.97. The van der Waals surface area contributed by atoms with Gasteiger partial charge in [0.2, 0.25) is 18.6 Å². The average Bonchev–Trinajstić information content (AvgIpc) is 3.25. The number of H-pyrrole nitrogens is 1. The van der Waals surface area contributed by atoms with Gasteiger partial charge in [-0.2, -0.15) is 0 Å². The summed E-state index contributed by atoms with van der Waals surface area (Å²) < 4.78 is 25.9. The molecule has 2 aromatic carbocycles. The highest BCUT2D eigenvalue weighted by atomic mass is 16.7. The first kappa shape index (κ1) is 14.5. The van der Waals surface area contributed by atoms with E-state index in [1.54, 1.807) is 30.1 Å². The van der Waals surface area contributed by atoms with Gasteiger partial charge in [0.25, 0.3) is 0 Å². The number of carbonyl (C=O) groups is 2. The van der Waals surface area contributed by atoms with Crippen LogP contribution in [0.15, 0.2) is 42.5 Å². The number of nitrogens with one attached hydrogen (secondary N) is 1. The average molecular weight is 391 g/mol. The number of aromatic nitrogens is 1. The molecule has 146 valence electrons. The Bertz CT molecular complexity index is 1270. The summed E-state index contributed by atoms with van der Waals surface area (Å²) in [4.78, 5) is 32.8. The predicted molar refractivity (Wildman–Crippen MR) is 105 cm³/mol. The number of amides is 2. The summed E-state index contributed by atoms with van der Waals surface area (Å²) in [5, 5.41) is 1.03. The predicted octanol–water partition coefficient (Wildman–Crippen LogP) is 2.21. The van der Waals surface area contributed by atoms with Gasteiger partial charge in [-0.25, -0.2) is 0 Å². The van der Waals surface area contributed by atoms with E-state index >= 15 is 0 Å². The fraction of sp³-hybridized carbons (Fsp3) is 0.273. The van der Waals surface area contributed by atoms with Crippen molar-refractivity contribution in [1.82, 2.24) is 14.8 Å². The Hall–Kier alpha value is -3.48. The van der Waals surface area contributed by atoms with Crippen LogP contribution in [0.1, 0.15) is 25.6 Å². The first-order valence-corrected chi connectivity index (χ1v) is 9.50. The number of nitrogens with zero attached hydrogens (tertiary/aromatic N) is 2. The van der Waals surface area contributed by atoms with Gasteiger partial charge in [-0.15, -0.1) is 0 Å². The molecule has 1 aromatic heterocycles. The van der Waals surface area contributed by atoms with Crippen LogP contribution in [0, 0.1) is 0 Å². The quantitative estimate of drug-likeness (QED) is 0.690. The number of fused-ring (bicyclic) bond motifs is 5. The molecule has 0 radical (unpaired) electrons. The van der Waals surface area contributed by atoms with Crippen molar-refractivity contribution in [3.05, 3.63) is 59.3 Å². The Labute approximate surface area is 169 Å². The molecule has 7 heteroatoms. The molecule has 29 heavy (non-hydrogen) atoms. The number of likely N-dealkylation sites (N-methyl/N-ethyl adjacent to an activating group) is 1. The minimum Gasteiger partial charge on any atom is -0.454 e. The number of hydrogen-bond donors (Lipinski definition) is 1. The van der Waals surface area contributed by atoms with E-state index in [-0.39, 0.29) is 24.1 Å². The third-order valence-electron chi connectivity index (χ3n) is 6.04. The first-order valence-electron chi connectivity index (χ1n) is 10.5. The van der Waals surface area contributed by atoms with E-state index < -0.39 is 18.8 Å². The van der Waals surface area contributed by atoms with Gasteiger partial charge < -0.3 is 24.3 Å². The van der Waals surface area contributed by atoms with Crippen molar-refractivity contribution in [3.63, 3.8) is 0 Å². The van der Waals surface area contributed by atoms with Gasteiger partial charge in [0, 0.05) is 30.1 Å². The molecule has 0 saturated carbocycles. The van der Waals surface area contributed by atoms with E-state index in [4.69, 9.17) is 12.2 Å². The van der Waals surface area contributed by atoms with Gasteiger partial charge in [-0.05, 0) is 29.3 Å². The number of piperazine rings is 1. The second kappa shape index (κ2) is 5.76. The summed E-state index contributed by atoms with van der Waals surface area (Å²) >= 11 is 0. The zero-order chi connectivity index (χ0) is 21.5. The molecule has 1 saturated heterocycles. The fourth-order valence-electron chi connectivity index (χ4n) is 4.72. The van der Waals surface area contributed by atoms with Gasteiger partial charge in [-0.3, -0.25) is 9.59 Å². The van der Waals surface area contributed by atoms with Gasteiger partial charge in [0.05, 0.1) is 12.6 Å². The normalized spacial score (nSPS) is 25.6. The standard InChI is InChI=1S/C22H19N3O4/c1-24-10-19(26)25-16(22(24)27)9-14-13-4-2-3-5-15(13)23-20(14)21(25)12-6-7-17-18(8-12)29-11-28-17/h2-8,16,21,23H,9-11H2,1H3/t16-,21?/m1/s1/i11D2. The number of carbonyl (C=O) groups excluding carboxylic acids is 2. The molecule has 0 spiro atoms. The smallest absolute Gasteiger partial charge is 0.245 e. The van der Waals surface area contributed by atoms with Crippen molar-refractivity contribution < 1.29 is 21.8 Å². The molecule has 7 nitrogen and oxygen atoms in total. The van der Waals surface area contributed by atoms with Gasteiger partial charge >= 0.3 is 0 Å². The fourth-order valence-corrected chi connectivity index (χ4v) is 4.72. The SMILES string of the molecule is [2H]C1([2H])Oc2ccc(C3c4[nH]c5ccccc5c4C[C@@H]4C(=O)N(C)CC(=O)N34)cc2O1. The summed E-state index contributed by atoms with van der Waals surface area (Å²) in [6.45, 7) is -2.21. The monoisotopic (exact) mass is 391 g/mol. The van der Waals surface area contributed by atoms with E-state index in [2.05, 4.69) is 4.98 Å². The molecule has 3 aliphatic heterocycles. The van der Waals surface area contributed by atoms with Crippen LogP contribution >= 0.6 is 0 Å². The second-order valence-electron chi connectivity index (χ2n) is 7.67. The van der Waals surface area contributed by atoms with E-state index in [1.165, 1.54) is 4.90 Å². The zero-order valence-corrected chi connectivity index (χ0v) is 15.6. The number of ether oxygens (including phenoxy) is 2. The molecule has 1 N–H and O–H groups in total. The van der Waals surface area contributed by atoms with E-state index in [0.717, 1.165) is 27.7 Å². The van der Waals surface area contributed by atoms with Crippen molar-refractivity contribution in [1.29, 1.82) is 0 Å². The van der Waals surface area contributed by atoms with Crippen LogP contribution in [-0.4, -0.2) is 53.0 Å². The Balaban J connectivity index is 1.56. The molecule has 0 bridgehead atoms. The second-order valence-corrected chi connectivity index (χ2v) is 7.67. The molecule has 6 rings (SSSR count). The van der Waals surface area contributed by atoms with Crippen molar-refractivity contribution in [3.8, 4) is 11.5 Å². The number of hydrogen-bond acceptors (Lipinski definition) is 4. The van der Waals surface area contributed by atoms with Crippen molar-refractivity contribution in [2.24, 2.45) is 0 Å². The van der Waals surface area contributed by atoms with Crippen molar-refractivity contribution in [2.45, 2.75) is 18.5 Å². The number of benzene rings is 2. The van der Waals surface area contributed by atoms with E-state index in [9.17, 15) is 9.59 Å². The molecule has 3 aromatic rings. The van der Waals surface area contributed by atoms with Crippen LogP contribution in [0.3, 0.4) is 0 Å². The molecule has 2 amide bonds. The summed E-state index contributed by atoms with van der Waals surface area (Å²) in [6, 6.07) is 11.9. The number of aromatic amines is 1. The molecule has 4 heterocycles. The lowest BCUT2D eigenvalue weighted by Gasteiger charge is -2.46.